The lowest BCUT2D eigenvalue weighted by molar-refractivity contribution is 0.678. The molecule has 0 saturated heterocycles. The molecule has 0 amide bonds. The van der Waals surface area contributed by atoms with Crippen LogP contribution in [0.3, 0.4) is 0 Å². The summed E-state index contributed by atoms with van der Waals surface area (Å²) in [5.74, 6) is 0. The molecule has 3 aromatic rings. The molecule has 100 valence electrons. The Balaban J connectivity index is 1.56. The maximum absolute atomic E-state index is 4.17. The van der Waals surface area contributed by atoms with E-state index in [2.05, 4.69) is 49.7 Å². The molecular formula is C15H15N5. The molecule has 0 fully saturated rings. The molecule has 2 heterocycles. The van der Waals surface area contributed by atoms with Crippen LogP contribution in [0.25, 0.3) is 11.3 Å². The number of benzene rings is 1. The van der Waals surface area contributed by atoms with Crippen LogP contribution in [0.5, 0.6) is 0 Å². The molecule has 5 nitrogen and oxygen atoms in total. The number of aromatic nitrogens is 4. The average molecular weight is 265 g/mol. The summed E-state index contributed by atoms with van der Waals surface area (Å²) in [6.07, 6.45) is 5.08. The molecule has 0 aliphatic carbocycles. The number of hydrogen-bond donors (Lipinski definition) is 2. The molecule has 5 heteroatoms. The van der Waals surface area contributed by atoms with Crippen LogP contribution >= 0.6 is 0 Å². The highest BCUT2D eigenvalue weighted by Crippen LogP contribution is 2.16. The summed E-state index contributed by atoms with van der Waals surface area (Å²) in [6, 6.07) is 12.3. The van der Waals surface area contributed by atoms with Gasteiger partial charge in [-0.15, -0.1) is 0 Å². The van der Waals surface area contributed by atoms with Crippen molar-refractivity contribution in [3.05, 3.63) is 66.4 Å². The number of hydrogen-bond acceptors (Lipinski definition) is 4. The molecule has 0 aliphatic heterocycles. The molecule has 0 spiro atoms. The Kier molecular flexibility index (Phi) is 3.80. The second-order valence-corrected chi connectivity index (χ2v) is 4.47. The number of nitrogens with zero attached hydrogens (tertiary/aromatic N) is 3. The average Bonchev–Trinajstić information content (AvgIpc) is 3.03. The highest BCUT2D eigenvalue weighted by atomic mass is 15.1. The minimum Gasteiger partial charge on any atom is -0.307 e. The minimum atomic E-state index is 0.741. The van der Waals surface area contributed by atoms with Crippen molar-refractivity contribution in [2.45, 2.75) is 13.1 Å². The number of nitrogens with one attached hydrogen (secondary N) is 2. The Morgan fingerprint density at radius 2 is 1.85 bits per heavy atom. The molecule has 1 aromatic carbocycles. The summed E-state index contributed by atoms with van der Waals surface area (Å²) in [4.78, 5) is 8.07. The van der Waals surface area contributed by atoms with E-state index in [4.69, 9.17) is 0 Å². The third-order valence-corrected chi connectivity index (χ3v) is 3.04. The van der Waals surface area contributed by atoms with Crippen molar-refractivity contribution in [1.29, 1.82) is 0 Å². The number of H-pyrrole nitrogens is 1. The molecule has 0 bridgehead atoms. The first-order chi connectivity index (χ1) is 9.92. The highest BCUT2D eigenvalue weighted by molar-refractivity contribution is 5.58. The third-order valence-electron chi connectivity index (χ3n) is 3.04. The Bertz CT molecular complexity index is 632. The largest absolute Gasteiger partial charge is 0.307 e. The molecule has 0 unspecified atom stereocenters. The molecule has 0 aliphatic rings. The second kappa shape index (κ2) is 6.08. The van der Waals surface area contributed by atoms with E-state index in [1.54, 1.807) is 18.7 Å². The Labute approximate surface area is 117 Å². The smallest absolute Gasteiger partial charge is 0.115 e. The normalized spacial score (nSPS) is 10.6. The summed E-state index contributed by atoms with van der Waals surface area (Å²) in [5, 5.41) is 10.3. The SMILES string of the molecule is c1cc(CNCc2ccc(-c3ccn[nH]3)cc2)ncn1. The third kappa shape index (κ3) is 3.07. The monoisotopic (exact) mass is 265 g/mol. The lowest BCUT2D eigenvalue weighted by Gasteiger charge is -2.05. The first-order valence-electron chi connectivity index (χ1n) is 6.46. The van der Waals surface area contributed by atoms with Gasteiger partial charge in [0.15, 0.2) is 0 Å². The van der Waals surface area contributed by atoms with Crippen LogP contribution in [0.1, 0.15) is 11.3 Å². The maximum atomic E-state index is 4.17. The first-order valence-corrected chi connectivity index (χ1v) is 6.46. The van der Waals surface area contributed by atoms with Crippen molar-refractivity contribution in [2.24, 2.45) is 0 Å². The van der Waals surface area contributed by atoms with Crippen molar-refractivity contribution in [1.82, 2.24) is 25.5 Å². The fourth-order valence-electron chi connectivity index (χ4n) is 1.98. The van der Waals surface area contributed by atoms with Gasteiger partial charge in [-0.25, -0.2) is 9.97 Å². The molecule has 0 atom stereocenters. The fraction of sp³-hybridized carbons (Fsp3) is 0.133. The summed E-state index contributed by atoms with van der Waals surface area (Å²) in [6.45, 7) is 1.55. The maximum Gasteiger partial charge on any atom is 0.115 e. The Morgan fingerprint density at radius 1 is 0.950 bits per heavy atom. The highest BCUT2D eigenvalue weighted by Gasteiger charge is 1.99. The van der Waals surface area contributed by atoms with Gasteiger partial charge in [0.2, 0.25) is 0 Å². The Morgan fingerprint density at radius 3 is 2.55 bits per heavy atom. The van der Waals surface area contributed by atoms with Crippen molar-refractivity contribution in [2.75, 3.05) is 0 Å². The summed E-state index contributed by atoms with van der Waals surface area (Å²) >= 11 is 0. The summed E-state index contributed by atoms with van der Waals surface area (Å²) in [7, 11) is 0. The number of aromatic amines is 1. The van der Waals surface area contributed by atoms with Crippen LogP contribution in [-0.4, -0.2) is 20.2 Å². The van der Waals surface area contributed by atoms with Gasteiger partial charge in [0.1, 0.15) is 6.33 Å². The molecule has 0 radical (unpaired) electrons. The van der Waals surface area contributed by atoms with Crippen LogP contribution < -0.4 is 5.32 Å². The minimum absolute atomic E-state index is 0.741. The zero-order valence-electron chi connectivity index (χ0n) is 11.0. The van der Waals surface area contributed by atoms with E-state index < -0.39 is 0 Å². The zero-order chi connectivity index (χ0) is 13.6. The first kappa shape index (κ1) is 12.5. The quantitative estimate of drug-likeness (QED) is 0.742. The lowest BCUT2D eigenvalue weighted by atomic mass is 10.1. The second-order valence-electron chi connectivity index (χ2n) is 4.47. The van der Waals surface area contributed by atoms with Gasteiger partial charge in [0.05, 0.1) is 11.4 Å². The zero-order valence-corrected chi connectivity index (χ0v) is 11.0. The van der Waals surface area contributed by atoms with E-state index in [0.717, 1.165) is 30.0 Å². The van der Waals surface area contributed by atoms with Crippen LogP contribution in [0.2, 0.25) is 0 Å². The lowest BCUT2D eigenvalue weighted by Crippen LogP contribution is -2.13. The molecule has 0 saturated carbocycles. The summed E-state index contributed by atoms with van der Waals surface area (Å²) in [5.41, 5.74) is 4.41. The van der Waals surface area contributed by atoms with Crippen molar-refractivity contribution in [3.8, 4) is 11.3 Å². The van der Waals surface area contributed by atoms with Gasteiger partial charge in [-0.05, 0) is 23.3 Å². The number of rotatable bonds is 5. The Hall–Kier alpha value is -2.53. The van der Waals surface area contributed by atoms with Crippen LogP contribution in [0.15, 0.2) is 55.1 Å². The van der Waals surface area contributed by atoms with Crippen molar-refractivity contribution >= 4 is 0 Å². The summed E-state index contributed by atoms with van der Waals surface area (Å²) < 4.78 is 0. The molecule has 3 rings (SSSR count). The van der Waals surface area contributed by atoms with Gasteiger partial charge < -0.3 is 5.32 Å². The van der Waals surface area contributed by atoms with Gasteiger partial charge in [0.25, 0.3) is 0 Å². The molecule has 2 N–H and O–H groups in total. The van der Waals surface area contributed by atoms with E-state index in [0.29, 0.717) is 0 Å². The van der Waals surface area contributed by atoms with Gasteiger partial charge in [0, 0.05) is 25.5 Å². The van der Waals surface area contributed by atoms with Crippen LogP contribution in [-0.2, 0) is 13.1 Å². The topological polar surface area (TPSA) is 66.5 Å². The van der Waals surface area contributed by atoms with Crippen LogP contribution in [0.4, 0.5) is 0 Å². The van der Waals surface area contributed by atoms with E-state index in [1.807, 2.05) is 12.1 Å². The van der Waals surface area contributed by atoms with Crippen molar-refractivity contribution < 1.29 is 0 Å². The molecule has 20 heavy (non-hydrogen) atoms. The van der Waals surface area contributed by atoms with Gasteiger partial charge >= 0.3 is 0 Å². The molecule has 2 aromatic heterocycles. The fourth-order valence-corrected chi connectivity index (χ4v) is 1.98. The van der Waals surface area contributed by atoms with Crippen molar-refractivity contribution in [3.63, 3.8) is 0 Å². The van der Waals surface area contributed by atoms with E-state index in [9.17, 15) is 0 Å². The van der Waals surface area contributed by atoms with Gasteiger partial charge in [-0.1, -0.05) is 24.3 Å². The predicted octanol–water partition coefficient (Wildman–Crippen LogP) is 2.16. The van der Waals surface area contributed by atoms with E-state index in [1.165, 1.54) is 5.56 Å². The predicted molar refractivity (Wildman–Crippen MR) is 76.6 cm³/mol. The van der Waals surface area contributed by atoms with Crippen LogP contribution in [0, 0.1) is 0 Å². The van der Waals surface area contributed by atoms with E-state index >= 15 is 0 Å². The van der Waals surface area contributed by atoms with Gasteiger partial charge in [-0.2, -0.15) is 5.10 Å². The van der Waals surface area contributed by atoms with E-state index in [-0.39, 0.29) is 0 Å². The van der Waals surface area contributed by atoms with Gasteiger partial charge in [-0.3, -0.25) is 5.10 Å². The molecular weight excluding hydrogens is 250 g/mol. The standard InChI is InChI=1S/C15H15N5/c1-3-13(15-6-8-19-20-15)4-2-12(1)9-17-10-14-5-7-16-11-18-14/h1-8,11,17H,9-10H2,(H,19,20).